The number of alkyl halides is 1. The quantitative estimate of drug-likeness (QED) is 0.377. The molecule has 0 aromatic heterocycles. The standard InChI is InChI=1S/C24H23Cl2NO4S/c1-17-15-19(24(28)29)7-8-20(17)16-27(32(30,31)22-5-3-2-4-6-22)23(13-14-25)18-9-11-21(26)12-10-18/h2-12,15,23H,13-14,16H2,1H3,(H,28,29). The van der Waals surface area contributed by atoms with Gasteiger partial charge in [-0.25, -0.2) is 13.2 Å². The molecule has 1 N–H and O–H groups in total. The van der Waals surface area contributed by atoms with Gasteiger partial charge in [0.05, 0.1) is 16.5 Å². The maximum absolute atomic E-state index is 13.7. The first kappa shape index (κ1) is 24.3. The summed E-state index contributed by atoms with van der Waals surface area (Å²) in [7, 11) is -3.90. The lowest BCUT2D eigenvalue weighted by Crippen LogP contribution is -2.35. The lowest BCUT2D eigenvalue weighted by Gasteiger charge is -2.32. The van der Waals surface area contributed by atoms with E-state index in [1.807, 2.05) is 0 Å². The molecule has 0 aliphatic rings. The average molecular weight is 492 g/mol. The SMILES string of the molecule is Cc1cc(C(=O)O)ccc1CN(C(CCCl)c1ccc(Cl)cc1)S(=O)(=O)c1ccccc1. The number of hydrogen-bond acceptors (Lipinski definition) is 3. The van der Waals surface area contributed by atoms with Crippen molar-refractivity contribution >= 4 is 39.2 Å². The molecule has 0 aliphatic heterocycles. The highest BCUT2D eigenvalue weighted by atomic mass is 35.5. The lowest BCUT2D eigenvalue weighted by atomic mass is 10.0. The zero-order valence-corrected chi connectivity index (χ0v) is 19.7. The Kier molecular flexibility index (Phi) is 7.96. The highest BCUT2D eigenvalue weighted by molar-refractivity contribution is 7.89. The number of rotatable bonds is 9. The molecule has 168 valence electrons. The minimum absolute atomic E-state index is 0.0626. The summed E-state index contributed by atoms with van der Waals surface area (Å²) in [5, 5.41) is 9.81. The van der Waals surface area contributed by atoms with E-state index >= 15 is 0 Å². The molecule has 0 bridgehead atoms. The topological polar surface area (TPSA) is 74.7 Å². The smallest absolute Gasteiger partial charge is 0.335 e. The predicted molar refractivity (Wildman–Crippen MR) is 127 cm³/mol. The second-order valence-corrected chi connectivity index (χ2v) is 10.1. The van der Waals surface area contributed by atoms with Gasteiger partial charge >= 0.3 is 5.97 Å². The Morgan fingerprint density at radius 1 is 1.03 bits per heavy atom. The molecule has 0 heterocycles. The summed E-state index contributed by atoms with van der Waals surface area (Å²) in [5.74, 6) is -0.778. The third-order valence-corrected chi connectivity index (χ3v) is 7.59. The van der Waals surface area contributed by atoms with Gasteiger partial charge in [-0.3, -0.25) is 0 Å². The summed E-state index contributed by atoms with van der Waals surface area (Å²) in [6, 6.07) is 19.4. The maximum Gasteiger partial charge on any atom is 0.335 e. The van der Waals surface area contributed by atoms with Gasteiger partial charge < -0.3 is 5.11 Å². The molecule has 0 aliphatic carbocycles. The van der Waals surface area contributed by atoms with Gasteiger partial charge in [-0.15, -0.1) is 11.6 Å². The van der Waals surface area contributed by atoms with Gasteiger partial charge in [0.25, 0.3) is 0 Å². The first-order valence-corrected chi connectivity index (χ1v) is 12.3. The zero-order chi connectivity index (χ0) is 23.3. The van der Waals surface area contributed by atoms with Crippen molar-refractivity contribution in [2.45, 2.75) is 30.8 Å². The molecule has 3 aromatic rings. The molecule has 1 atom stereocenters. The summed E-state index contributed by atoms with van der Waals surface area (Å²) in [6.07, 6.45) is 0.390. The molecule has 0 saturated heterocycles. The van der Waals surface area contributed by atoms with E-state index in [0.717, 1.165) is 5.56 Å². The number of aromatic carboxylic acids is 1. The number of carboxylic acid groups (broad SMARTS) is 1. The van der Waals surface area contributed by atoms with Crippen LogP contribution in [0.25, 0.3) is 0 Å². The normalized spacial score (nSPS) is 12.6. The van der Waals surface area contributed by atoms with Crippen LogP contribution < -0.4 is 0 Å². The van der Waals surface area contributed by atoms with Crippen LogP contribution in [0, 0.1) is 6.92 Å². The molecule has 0 fully saturated rings. The molecule has 0 amide bonds. The Morgan fingerprint density at radius 3 is 2.25 bits per heavy atom. The van der Waals surface area contributed by atoms with Gasteiger partial charge in [-0.1, -0.05) is 48.0 Å². The fraction of sp³-hybridized carbons (Fsp3) is 0.208. The monoisotopic (exact) mass is 491 g/mol. The van der Waals surface area contributed by atoms with E-state index in [9.17, 15) is 18.3 Å². The summed E-state index contributed by atoms with van der Waals surface area (Å²) >= 11 is 12.1. The number of hydrogen-bond donors (Lipinski definition) is 1. The molecule has 1 unspecified atom stereocenters. The van der Waals surface area contributed by atoms with Crippen molar-refractivity contribution in [1.29, 1.82) is 0 Å². The van der Waals surface area contributed by atoms with Crippen molar-refractivity contribution in [3.8, 4) is 0 Å². The number of sulfonamides is 1. The predicted octanol–water partition coefficient (Wildman–Crippen LogP) is 5.91. The van der Waals surface area contributed by atoms with E-state index < -0.39 is 22.0 Å². The van der Waals surface area contributed by atoms with E-state index in [4.69, 9.17) is 23.2 Å². The van der Waals surface area contributed by atoms with Gasteiger partial charge in [0.2, 0.25) is 10.0 Å². The Morgan fingerprint density at radius 2 is 1.69 bits per heavy atom. The van der Waals surface area contributed by atoms with Crippen LogP contribution in [0.2, 0.25) is 5.02 Å². The minimum Gasteiger partial charge on any atom is -0.478 e. The van der Waals surface area contributed by atoms with Gasteiger partial charge in [0, 0.05) is 17.4 Å². The molecule has 0 radical (unpaired) electrons. The van der Waals surface area contributed by atoms with Gasteiger partial charge in [-0.2, -0.15) is 4.31 Å². The maximum atomic E-state index is 13.7. The number of carbonyl (C=O) groups is 1. The summed E-state index contributed by atoms with van der Waals surface area (Å²) in [4.78, 5) is 11.5. The Labute approximate surface area is 198 Å². The van der Waals surface area contributed by atoms with E-state index in [2.05, 4.69) is 0 Å². The summed E-state index contributed by atoms with van der Waals surface area (Å²) < 4.78 is 28.9. The molecule has 3 rings (SSSR count). The van der Waals surface area contributed by atoms with E-state index in [1.54, 1.807) is 73.7 Å². The summed E-state index contributed by atoms with van der Waals surface area (Å²) in [6.45, 7) is 1.83. The van der Waals surface area contributed by atoms with Crippen molar-refractivity contribution in [2.24, 2.45) is 0 Å². The van der Waals surface area contributed by atoms with Crippen LogP contribution in [0.3, 0.4) is 0 Å². The first-order valence-electron chi connectivity index (χ1n) is 9.95. The zero-order valence-electron chi connectivity index (χ0n) is 17.4. The Hall–Kier alpha value is -2.38. The van der Waals surface area contributed by atoms with Gasteiger partial charge in [0.15, 0.2) is 0 Å². The number of aryl methyl sites for hydroxylation is 1. The average Bonchev–Trinajstić information content (AvgIpc) is 2.78. The molecular formula is C24H23Cl2NO4S. The molecule has 32 heavy (non-hydrogen) atoms. The van der Waals surface area contributed by atoms with Crippen LogP contribution in [0.1, 0.15) is 39.5 Å². The number of benzene rings is 3. The van der Waals surface area contributed by atoms with E-state index in [-0.39, 0.29) is 22.9 Å². The minimum atomic E-state index is -3.90. The van der Waals surface area contributed by atoms with Crippen molar-refractivity contribution in [3.63, 3.8) is 0 Å². The molecular weight excluding hydrogens is 469 g/mol. The van der Waals surface area contributed by atoms with E-state index in [1.165, 1.54) is 10.4 Å². The molecule has 5 nitrogen and oxygen atoms in total. The van der Waals surface area contributed by atoms with Crippen LogP contribution in [-0.4, -0.2) is 29.7 Å². The molecule has 0 saturated carbocycles. The number of nitrogens with zero attached hydrogens (tertiary/aromatic N) is 1. The number of carboxylic acids is 1. The fourth-order valence-corrected chi connectivity index (χ4v) is 5.51. The van der Waals surface area contributed by atoms with Crippen LogP contribution in [0.4, 0.5) is 0 Å². The van der Waals surface area contributed by atoms with Crippen molar-refractivity contribution in [1.82, 2.24) is 4.31 Å². The third kappa shape index (κ3) is 5.51. The summed E-state index contributed by atoms with van der Waals surface area (Å²) in [5.41, 5.74) is 2.33. The Balaban J connectivity index is 2.12. The number of halogens is 2. The van der Waals surface area contributed by atoms with Crippen LogP contribution in [0.15, 0.2) is 77.7 Å². The highest BCUT2D eigenvalue weighted by Gasteiger charge is 2.32. The highest BCUT2D eigenvalue weighted by Crippen LogP contribution is 2.33. The molecule has 3 aromatic carbocycles. The van der Waals surface area contributed by atoms with Crippen molar-refractivity contribution in [2.75, 3.05) is 5.88 Å². The van der Waals surface area contributed by atoms with Crippen LogP contribution >= 0.6 is 23.2 Å². The fourth-order valence-electron chi connectivity index (χ4n) is 3.53. The largest absolute Gasteiger partial charge is 0.478 e. The van der Waals surface area contributed by atoms with E-state index in [0.29, 0.717) is 22.6 Å². The lowest BCUT2D eigenvalue weighted by molar-refractivity contribution is 0.0696. The van der Waals surface area contributed by atoms with Crippen molar-refractivity contribution < 1.29 is 18.3 Å². The van der Waals surface area contributed by atoms with Crippen molar-refractivity contribution in [3.05, 3.63) is 100 Å². The van der Waals surface area contributed by atoms with Gasteiger partial charge in [0.1, 0.15) is 0 Å². The van der Waals surface area contributed by atoms with Gasteiger partial charge in [-0.05, 0) is 66.4 Å². The Bertz CT molecular complexity index is 1180. The third-order valence-electron chi connectivity index (χ3n) is 5.25. The van der Waals surface area contributed by atoms with Crippen LogP contribution in [-0.2, 0) is 16.6 Å². The molecule has 8 heteroatoms. The molecule has 0 spiro atoms. The van der Waals surface area contributed by atoms with Crippen LogP contribution in [0.5, 0.6) is 0 Å². The second-order valence-electron chi connectivity index (χ2n) is 7.35. The second kappa shape index (κ2) is 10.5. The first-order chi connectivity index (χ1) is 15.2.